The van der Waals surface area contributed by atoms with Crippen LogP contribution in [0.1, 0.15) is 12.5 Å². The van der Waals surface area contributed by atoms with Crippen LogP contribution in [0.3, 0.4) is 0 Å². The smallest absolute Gasteiger partial charge is 0.331 e. The molecule has 28 heavy (non-hydrogen) atoms. The summed E-state index contributed by atoms with van der Waals surface area (Å²) in [4.78, 5) is 24.5. The molecule has 0 spiro atoms. The van der Waals surface area contributed by atoms with Gasteiger partial charge < -0.3 is 14.8 Å². The number of benzene rings is 3. The molecule has 0 saturated carbocycles. The van der Waals surface area contributed by atoms with Crippen LogP contribution in [-0.4, -0.2) is 25.1 Å². The molecule has 3 rings (SSSR count). The molecule has 0 aliphatic heterocycles. The summed E-state index contributed by atoms with van der Waals surface area (Å²) in [7, 11) is 1.56. The van der Waals surface area contributed by atoms with E-state index in [0.29, 0.717) is 11.4 Å². The van der Waals surface area contributed by atoms with Gasteiger partial charge in [0.1, 0.15) is 5.75 Å². The monoisotopic (exact) mass is 375 g/mol. The quantitative estimate of drug-likeness (QED) is 0.511. The van der Waals surface area contributed by atoms with Crippen molar-refractivity contribution in [2.45, 2.75) is 13.0 Å². The van der Waals surface area contributed by atoms with Gasteiger partial charge in [-0.3, -0.25) is 4.79 Å². The number of methoxy groups -OCH3 is 1. The first-order valence-electron chi connectivity index (χ1n) is 8.89. The Morgan fingerprint density at radius 2 is 1.68 bits per heavy atom. The fourth-order valence-corrected chi connectivity index (χ4v) is 2.80. The SMILES string of the molecule is COc1ccccc1/C=C/C(=O)O[C@@H](C)C(=O)Nc1cccc2ccccc12. The van der Waals surface area contributed by atoms with Crippen LogP contribution >= 0.6 is 0 Å². The Kier molecular flexibility index (Phi) is 6.07. The fourth-order valence-electron chi connectivity index (χ4n) is 2.80. The predicted octanol–water partition coefficient (Wildman–Crippen LogP) is 4.43. The third-order valence-corrected chi connectivity index (χ3v) is 4.25. The molecule has 0 radical (unpaired) electrons. The molecule has 3 aromatic rings. The second kappa shape index (κ2) is 8.86. The maximum atomic E-state index is 12.4. The molecule has 0 saturated heterocycles. The lowest BCUT2D eigenvalue weighted by atomic mass is 10.1. The lowest BCUT2D eigenvalue weighted by Crippen LogP contribution is -2.29. The molecule has 0 unspecified atom stereocenters. The van der Waals surface area contributed by atoms with Gasteiger partial charge in [0.25, 0.3) is 5.91 Å². The molecule has 0 aromatic heterocycles. The summed E-state index contributed by atoms with van der Waals surface area (Å²) in [5, 5.41) is 4.76. The van der Waals surface area contributed by atoms with Crippen molar-refractivity contribution in [3.8, 4) is 5.75 Å². The van der Waals surface area contributed by atoms with E-state index in [0.717, 1.165) is 16.3 Å². The van der Waals surface area contributed by atoms with Gasteiger partial charge >= 0.3 is 5.97 Å². The van der Waals surface area contributed by atoms with E-state index in [1.165, 1.54) is 13.0 Å². The summed E-state index contributed by atoms with van der Waals surface area (Å²) in [5.74, 6) is -0.352. The molecule has 5 nitrogen and oxygen atoms in total. The zero-order valence-electron chi connectivity index (χ0n) is 15.7. The molecule has 5 heteroatoms. The minimum atomic E-state index is -0.936. The van der Waals surface area contributed by atoms with Crippen LogP contribution in [0.4, 0.5) is 5.69 Å². The molecule has 1 amide bonds. The number of amides is 1. The minimum absolute atomic E-state index is 0.393. The maximum absolute atomic E-state index is 12.4. The number of rotatable bonds is 6. The van der Waals surface area contributed by atoms with Crippen LogP contribution in [0.5, 0.6) is 5.75 Å². The summed E-state index contributed by atoms with van der Waals surface area (Å²) in [5.41, 5.74) is 1.42. The van der Waals surface area contributed by atoms with Gasteiger partial charge in [0, 0.05) is 22.7 Å². The van der Waals surface area contributed by atoms with E-state index < -0.39 is 18.0 Å². The first kappa shape index (κ1) is 19.2. The lowest BCUT2D eigenvalue weighted by molar-refractivity contribution is -0.148. The van der Waals surface area contributed by atoms with Gasteiger partial charge in [0.2, 0.25) is 0 Å². The summed E-state index contributed by atoms with van der Waals surface area (Å²) < 4.78 is 10.4. The van der Waals surface area contributed by atoms with Gasteiger partial charge in [-0.2, -0.15) is 0 Å². The third-order valence-electron chi connectivity index (χ3n) is 4.25. The summed E-state index contributed by atoms with van der Waals surface area (Å²) in [6.07, 6.45) is 1.93. The fraction of sp³-hybridized carbons (Fsp3) is 0.130. The number of nitrogens with one attached hydrogen (secondary N) is 1. The predicted molar refractivity (Wildman–Crippen MR) is 110 cm³/mol. The number of hydrogen-bond acceptors (Lipinski definition) is 4. The van der Waals surface area contributed by atoms with Crippen molar-refractivity contribution in [1.29, 1.82) is 0 Å². The Hall–Kier alpha value is -3.60. The Morgan fingerprint density at radius 3 is 2.50 bits per heavy atom. The Morgan fingerprint density at radius 1 is 0.964 bits per heavy atom. The molecule has 3 aromatic carbocycles. The molecule has 0 bridgehead atoms. The van der Waals surface area contributed by atoms with Gasteiger partial charge in [-0.1, -0.05) is 54.6 Å². The number of para-hydroxylation sites is 1. The van der Waals surface area contributed by atoms with E-state index >= 15 is 0 Å². The van der Waals surface area contributed by atoms with Crippen molar-refractivity contribution in [3.05, 3.63) is 78.4 Å². The van der Waals surface area contributed by atoms with Gasteiger partial charge in [-0.15, -0.1) is 0 Å². The molecule has 0 aliphatic carbocycles. The first-order chi connectivity index (χ1) is 13.6. The van der Waals surface area contributed by atoms with Crippen LogP contribution in [0.25, 0.3) is 16.8 Å². The number of ether oxygens (including phenoxy) is 2. The van der Waals surface area contributed by atoms with E-state index in [1.807, 2.05) is 60.7 Å². The van der Waals surface area contributed by atoms with Crippen molar-refractivity contribution in [1.82, 2.24) is 0 Å². The van der Waals surface area contributed by atoms with E-state index in [1.54, 1.807) is 19.3 Å². The zero-order valence-corrected chi connectivity index (χ0v) is 15.7. The van der Waals surface area contributed by atoms with E-state index in [2.05, 4.69) is 5.32 Å². The van der Waals surface area contributed by atoms with Gasteiger partial charge in [-0.25, -0.2) is 4.79 Å². The van der Waals surface area contributed by atoms with Crippen molar-refractivity contribution < 1.29 is 19.1 Å². The molecule has 1 atom stereocenters. The number of esters is 1. The molecule has 0 fully saturated rings. The van der Waals surface area contributed by atoms with Crippen molar-refractivity contribution in [2.24, 2.45) is 0 Å². The Labute approximate surface area is 163 Å². The average molecular weight is 375 g/mol. The van der Waals surface area contributed by atoms with Crippen LogP contribution in [0.2, 0.25) is 0 Å². The van der Waals surface area contributed by atoms with Crippen LogP contribution < -0.4 is 10.1 Å². The van der Waals surface area contributed by atoms with Gasteiger partial charge in [0.05, 0.1) is 7.11 Å². The zero-order chi connectivity index (χ0) is 19.9. The number of anilines is 1. The standard InChI is InChI=1S/C23H21NO4/c1-16(28-22(25)15-14-18-9-4-6-13-21(18)27-2)23(26)24-20-12-7-10-17-8-3-5-11-19(17)20/h3-16H,1-2H3,(H,24,26)/b15-14+/t16-/m0/s1. The van der Waals surface area contributed by atoms with Crippen molar-refractivity contribution in [2.75, 3.05) is 12.4 Å². The van der Waals surface area contributed by atoms with Gasteiger partial charge in [0.15, 0.2) is 6.10 Å². The molecule has 0 aliphatic rings. The minimum Gasteiger partial charge on any atom is -0.496 e. The maximum Gasteiger partial charge on any atom is 0.331 e. The number of carbonyl (C=O) groups is 2. The lowest BCUT2D eigenvalue weighted by Gasteiger charge is -2.14. The third kappa shape index (κ3) is 4.57. The van der Waals surface area contributed by atoms with Crippen LogP contribution in [-0.2, 0) is 14.3 Å². The molecule has 1 N–H and O–H groups in total. The highest BCUT2D eigenvalue weighted by molar-refractivity contribution is 6.04. The Balaban J connectivity index is 1.63. The van der Waals surface area contributed by atoms with E-state index in [-0.39, 0.29) is 0 Å². The second-order valence-electron chi connectivity index (χ2n) is 6.17. The largest absolute Gasteiger partial charge is 0.496 e. The highest BCUT2D eigenvalue weighted by Gasteiger charge is 2.17. The summed E-state index contributed by atoms with van der Waals surface area (Å²) in [6.45, 7) is 1.54. The normalized spacial score (nSPS) is 11.9. The Bertz CT molecular complexity index is 1020. The number of carbonyl (C=O) groups excluding carboxylic acids is 2. The summed E-state index contributed by atoms with van der Waals surface area (Å²) in [6, 6.07) is 20.7. The van der Waals surface area contributed by atoms with Crippen molar-refractivity contribution in [3.63, 3.8) is 0 Å². The highest BCUT2D eigenvalue weighted by Crippen LogP contribution is 2.23. The molecule has 142 valence electrons. The second-order valence-corrected chi connectivity index (χ2v) is 6.17. The number of hydrogen-bond donors (Lipinski definition) is 1. The molecular weight excluding hydrogens is 354 g/mol. The average Bonchev–Trinajstić information content (AvgIpc) is 2.72. The topological polar surface area (TPSA) is 64.6 Å². The first-order valence-corrected chi connectivity index (χ1v) is 8.89. The molecular formula is C23H21NO4. The van der Waals surface area contributed by atoms with E-state index in [9.17, 15) is 9.59 Å². The highest BCUT2D eigenvalue weighted by atomic mass is 16.5. The van der Waals surface area contributed by atoms with Crippen molar-refractivity contribution >= 4 is 34.4 Å². The molecule has 0 heterocycles. The van der Waals surface area contributed by atoms with Crippen LogP contribution in [0, 0.1) is 0 Å². The van der Waals surface area contributed by atoms with Crippen LogP contribution in [0.15, 0.2) is 72.8 Å². The number of fused-ring (bicyclic) bond motifs is 1. The van der Waals surface area contributed by atoms with Gasteiger partial charge in [-0.05, 0) is 30.5 Å². The summed E-state index contributed by atoms with van der Waals surface area (Å²) >= 11 is 0. The van der Waals surface area contributed by atoms with E-state index in [4.69, 9.17) is 9.47 Å².